The Balaban J connectivity index is -0.000000180. The van der Waals surface area contributed by atoms with E-state index in [0.717, 1.165) is 6.54 Å². The van der Waals surface area contributed by atoms with Crippen molar-refractivity contribution in [1.29, 1.82) is 0 Å². The van der Waals surface area contributed by atoms with E-state index in [-0.39, 0.29) is 24.8 Å². The van der Waals surface area contributed by atoms with Crippen molar-refractivity contribution >= 4 is 0 Å². The minimum Gasteiger partial charge on any atom is -1.00 e. The summed E-state index contributed by atoms with van der Waals surface area (Å²) in [4.78, 5) is 0. The van der Waals surface area contributed by atoms with E-state index in [0.29, 0.717) is 12.0 Å². The van der Waals surface area contributed by atoms with Crippen LogP contribution in [0, 0.1) is 5.92 Å². The van der Waals surface area contributed by atoms with Gasteiger partial charge in [0.2, 0.25) is 0 Å². The van der Waals surface area contributed by atoms with E-state index in [1.165, 1.54) is 0 Å². The molecule has 4 heteroatoms. The normalized spacial score (nSPS) is 11.7. The van der Waals surface area contributed by atoms with Gasteiger partial charge in [0.25, 0.3) is 0 Å². The van der Waals surface area contributed by atoms with Crippen LogP contribution < -0.4 is 36.3 Å². The second-order valence-corrected chi connectivity index (χ2v) is 2.29. The fourth-order valence-corrected chi connectivity index (χ4v) is 0.333. The lowest BCUT2D eigenvalue weighted by molar-refractivity contribution is -0.501. The molecule has 0 radical (unpaired) electrons. The van der Waals surface area contributed by atoms with Crippen LogP contribution >= 0.6 is 0 Å². The summed E-state index contributed by atoms with van der Waals surface area (Å²) in [6, 6.07) is 0.542. The van der Waals surface area contributed by atoms with Gasteiger partial charge in [-0.2, -0.15) is 0 Å². The molecule has 0 unspecified atom stereocenters. The molecule has 0 rings (SSSR count). The Hall–Kier alpha value is 0.500. The topological polar surface area (TPSA) is 55.3 Å². The van der Waals surface area contributed by atoms with E-state index in [4.69, 9.17) is 0 Å². The molecule has 0 spiro atoms. The zero-order valence-electron chi connectivity index (χ0n) is 6.03. The number of halogens is 2. The highest BCUT2D eigenvalue weighted by Gasteiger charge is 2.08. The van der Waals surface area contributed by atoms with E-state index < -0.39 is 0 Å². The summed E-state index contributed by atoms with van der Waals surface area (Å²) >= 11 is 0. The van der Waals surface area contributed by atoms with Crippen LogP contribution in [0.5, 0.6) is 0 Å². The fraction of sp³-hybridized carbons (Fsp3) is 1.00. The van der Waals surface area contributed by atoms with E-state index in [1.807, 2.05) is 0 Å². The molecule has 0 aliphatic heterocycles. The first-order chi connectivity index (χ1) is 3.18. The molecular formula is C5H16Cl2N2. The molecule has 0 aromatic rings. The molecule has 0 saturated carbocycles. The molecule has 0 aromatic heterocycles. The van der Waals surface area contributed by atoms with E-state index >= 15 is 0 Å². The Morgan fingerprint density at radius 3 is 1.56 bits per heavy atom. The Bertz CT molecular complexity index is 50.2. The predicted octanol–water partition coefficient (Wildman–Crippen LogP) is -7.50. The van der Waals surface area contributed by atoms with Crippen molar-refractivity contribution in [2.75, 3.05) is 6.54 Å². The van der Waals surface area contributed by atoms with Crippen LogP contribution in [0.4, 0.5) is 0 Å². The van der Waals surface area contributed by atoms with Crippen molar-refractivity contribution < 1.29 is 36.3 Å². The lowest BCUT2D eigenvalue weighted by Crippen LogP contribution is -3.00. The Kier molecular flexibility index (Phi) is 15.3. The molecular weight excluding hydrogens is 159 g/mol. The molecule has 0 heterocycles. The van der Waals surface area contributed by atoms with Crippen LogP contribution in [0.15, 0.2) is 0 Å². The second kappa shape index (κ2) is 8.50. The SMILES string of the molecule is CC(C)[C@@H]([NH3+])C[NH3+].[Cl-].[Cl-]. The molecule has 0 bridgehead atoms. The quantitative estimate of drug-likeness (QED) is 0.419. The van der Waals surface area contributed by atoms with Crippen LogP contribution in [-0.4, -0.2) is 12.6 Å². The van der Waals surface area contributed by atoms with Crippen LogP contribution in [0.1, 0.15) is 13.8 Å². The summed E-state index contributed by atoms with van der Waals surface area (Å²) in [7, 11) is 0. The molecule has 6 N–H and O–H groups in total. The van der Waals surface area contributed by atoms with Gasteiger partial charge >= 0.3 is 0 Å². The average Bonchev–Trinajstić information content (AvgIpc) is 1.65. The highest BCUT2D eigenvalue weighted by atomic mass is 35.5. The van der Waals surface area contributed by atoms with Crippen LogP contribution in [-0.2, 0) is 0 Å². The summed E-state index contributed by atoms with van der Waals surface area (Å²) in [6.45, 7) is 5.30. The van der Waals surface area contributed by atoms with Crippen molar-refractivity contribution in [1.82, 2.24) is 0 Å². The second-order valence-electron chi connectivity index (χ2n) is 2.29. The van der Waals surface area contributed by atoms with Crippen LogP contribution in [0.3, 0.4) is 0 Å². The van der Waals surface area contributed by atoms with Gasteiger partial charge in [-0.05, 0) is 0 Å². The lowest BCUT2D eigenvalue weighted by Gasteiger charge is -2.04. The van der Waals surface area contributed by atoms with Gasteiger partial charge in [-0.1, -0.05) is 13.8 Å². The maximum Gasteiger partial charge on any atom is 0.136 e. The van der Waals surface area contributed by atoms with Crippen LogP contribution in [0.2, 0.25) is 0 Å². The Morgan fingerprint density at radius 1 is 1.22 bits per heavy atom. The molecule has 0 aromatic carbocycles. The van der Waals surface area contributed by atoms with Gasteiger partial charge in [0.1, 0.15) is 12.6 Å². The van der Waals surface area contributed by atoms with Crippen molar-refractivity contribution in [2.24, 2.45) is 5.92 Å². The van der Waals surface area contributed by atoms with Gasteiger partial charge in [0.05, 0.1) is 0 Å². The molecule has 0 amide bonds. The standard InChI is InChI=1S/C5H14N2.2ClH/c1-4(2)5(7)3-6;;/h4-5H,3,6-7H2,1-2H3;2*1H/t5-;;/m0../s1. The molecule has 0 aliphatic rings. The van der Waals surface area contributed by atoms with E-state index in [1.54, 1.807) is 0 Å². The largest absolute Gasteiger partial charge is 1.00 e. The van der Waals surface area contributed by atoms with Gasteiger partial charge in [-0.15, -0.1) is 0 Å². The molecule has 0 aliphatic carbocycles. The maximum absolute atomic E-state index is 3.89. The van der Waals surface area contributed by atoms with Gasteiger partial charge in [-0.25, -0.2) is 0 Å². The molecule has 9 heavy (non-hydrogen) atoms. The van der Waals surface area contributed by atoms with Crippen molar-refractivity contribution in [2.45, 2.75) is 19.9 Å². The molecule has 60 valence electrons. The third kappa shape index (κ3) is 8.50. The number of quaternary nitrogens is 2. The lowest BCUT2D eigenvalue weighted by atomic mass is 10.1. The number of hydrogen-bond acceptors (Lipinski definition) is 0. The smallest absolute Gasteiger partial charge is 0.136 e. The van der Waals surface area contributed by atoms with Crippen molar-refractivity contribution in [3.8, 4) is 0 Å². The first kappa shape index (κ1) is 16.2. The summed E-state index contributed by atoms with van der Waals surface area (Å²) in [6.07, 6.45) is 0. The molecule has 2 nitrogen and oxygen atoms in total. The predicted molar refractivity (Wildman–Crippen MR) is 29.3 cm³/mol. The highest BCUT2D eigenvalue weighted by Crippen LogP contribution is 1.91. The fourth-order valence-electron chi connectivity index (χ4n) is 0.333. The monoisotopic (exact) mass is 174 g/mol. The van der Waals surface area contributed by atoms with E-state index in [9.17, 15) is 0 Å². The molecule has 0 fully saturated rings. The summed E-state index contributed by atoms with van der Waals surface area (Å²) in [5, 5.41) is 0. The summed E-state index contributed by atoms with van der Waals surface area (Å²) in [5.41, 5.74) is 7.64. The van der Waals surface area contributed by atoms with E-state index in [2.05, 4.69) is 25.3 Å². The highest BCUT2D eigenvalue weighted by molar-refractivity contribution is 4.52. The summed E-state index contributed by atoms with van der Waals surface area (Å²) in [5.74, 6) is 0.692. The van der Waals surface area contributed by atoms with Gasteiger partial charge in [-0.3, -0.25) is 0 Å². The van der Waals surface area contributed by atoms with Gasteiger partial charge in [0.15, 0.2) is 0 Å². The average molecular weight is 175 g/mol. The summed E-state index contributed by atoms with van der Waals surface area (Å²) < 4.78 is 0. The van der Waals surface area contributed by atoms with Crippen molar-refractivity contribution in [3.05, 3.63) is 0 Å². The zero-order chi connectivity index (χ0) is 5.86. The Morgan fingerprint density at radius 2 is 1.56 bits per heavy atom. The van der Waals surface area contributed by atoms with Gasteiger partial charge in [0, 0.05) is 5.92 Å². The Labute approximate surface area is 69.2 Å². The molecule has 1 atom stereocenters. The van der Waals surface area contributed by atoms with Crippen LogP contribution in [0.25, 0.3) is 0 Å². The minimum absolute atomic E-state index is 0. The first-order valence-electron chi connectivity index (χ1n) is 2.80. The minimum atomic E-state index is 0. The molecule has 0 saturated heterocycles. The van der Waals surface area contributed by atoms with Crippen molar-refractivity contribution in [3.63, 3.8) is 0 Å². The zero-order valence-corrected chi connectivity index (χ0v) is 7.54. The first-order valence-corrected chi connectivity index (χ1v) is 2.80. The number of hydrogen-bond donors (Lipinski definition) is 2. The third-order valence-electron chi connectivity index (χ3n) is 1.31. The number of rotatable bonds is 2. The van der Waals surface area contributed by atoms with Gasteiger partial charge < -0.3 is 36.3 Å². The maximum atomic E-state index is 3.89. The third-order valence-corrected chi connectivity index (χ3v) is 1.31.